The van der Waals surface area contributed by atoms with Gasteiger partial charge in [0.2, 0.25) is 11.8 Å². The summed E-state index contributed by atoms with van der Waals surface area (Å²) in [5.74, 6) is 0.696. The normalized spacial score (nSPS) is 22.6. The molecule has 0 unspecified atom stereocenters. The first-order valence-corrected chi connectivity index (χ1v) is 10.4. The highest BCUT2D eigenvalue weighted by Crippen LogP contribution is 2.35. The number of likely N-dealkylation sites (tertiary alicyclic amines) is 1. The molecule has 2 atom stereocenters. The summed E-state index contributed by atoms with van der Waals surface area (Å²) in [4.78, 5) is 38.7. The Hall–Kier alpha value is -2.09. The number of amides is 2. The SMILES string of the molecule is Cc1[nH][nH]c(=O)c1CC(=O)NC[C@@H]1CC[C@H](CC(=O)NC(C)C)N1CC1CC1. The van der Waals surface area contributed by atoms with E-state index in [4.69, 9.17) is 0 Å². The van der Waals surface area contributed by atoms with Crippen molar-refractivity contribution in [1.29, 1.82) is 0 Å². The molecule has 28 heavy (non-hydrogen) atoms. The van der Waals surface area contributed by atoms with Gasteiger partial charge in [-0.1, -0.05) is 0 Å². The van der Waals surface area contributed by atoms with Gasteiger partial charge in [0.05, 0.1) is 6.42 Å². The number of H-pyrrole nitrogens is 2. The fraction of sp³-hybridized carbons (Fsp3) is 0.750. The highest BCUT2D eigenvalue weighted by Gasteiger charge is 2.38. The molecule has 1 saturated carbocycles. The molecule has 1 saturated heterocycles. The van der Waals surface area contributed by atoms with Crippen LogP contribution in [0.5, 0.6) is 0 Å². The molecule has 1 aliphatic heterocycles. The van der Waals surface area contributed by atoms with E-state index in [9.17, 15) is 14.4 Å². The molecule has 8 nitrogen and oxygen atoms in total. The van der Waals surface area contributed by atoms with E-state index in [1.54, 1.807) is 6.92 Å². The second-order valence-corrected chi connectivity index (χ2v) is 8.62. The van der Waals surface area contributed by atoms with Crippen LogP contribution in [0.3, 0.4) is 0 Å². The molecule has 0 bridgehead atoms. The van der Waals surface area contributed by atoms with Crippen LogP contribution in [0, 0.1) is 12.8 Å². The largest absolute Gasteiger partial charge is 0.354 e. The molecule has 2 heterocycles. The first-order chi connectivity index (χ1) is 13.3. The van der Waals surface area contributed by atoms with Gasteiger partial charge in [-0.2, -0.15) is 0 Å². The smallest absolute Gasteiger partial charge is 0.267 e. The van der Waals surface area contributed by atoms with Gasteiger partial charge < -0.3 is 15.7 Å². The quantitative estimate of drug-likeness (QED) is 0.500. The van der Waals surface area contributed by atoms with Gasteiger partial charge >= 0.3 is 0 Å². The molecule has 8 heteroatoms. The lowest BCUT2D eigenvalue weighted by Gasteiger charge is -2.30. The Bertz CT molecular complexity index is 749. The molecule has 1 aromatic rings. The van der Waals surface area contributed by atoms with Gasteiger partial charge in [-0.05, 0) is 52.4 Å². The predicted molar refractivity (Wildman–Crippen MR) is 107 cm³/mol. The van der Waals surface area contributed by atoms with E-state index >= 15 is 0 Å². The van der Waals surface area contributed by atoms with E-state index < -0.39 is 0 Å². The number of nitrogens with zero attached hydrogens (tertiary/aromatic N) is 1. The molecule has 0 radical (unpaired) electrons. The molecule has 0 spiro atoms. The van der Waals surface area contributed by atoms with Crippen LogP contribution in [-0.4, -0.2) is 58.1 Å². The van der Waals surface area contributed by atoms with Crippen molar-refractivity contribution in [3.05, 3.63) is 21.6 Å². The minimum absolute atomic E-state index is 0.0836. The Morgan fingerprint density at radius 1 is 1.11 bits per heavy atom. The number of carbonyl (C=O) groups excluding carboxylic acids is 2. The van der Waals surface area contributed by atoms with Crippen molar-refractivity contribution in [1.82, 2.24) is 25.7 Å². The molecular formula is C20H33N5O3. The standard InChI is InChI=1S/C20H33N5O3/c1-12(2)22-19(27)8-15-6-7-16(25(15)11-14-4-5-14)10-21-18(26)9-17-13(3)23-24-20(17)28/h12,14-16H,4-11H2,1-3H3,(H,21,26)(H,22,27)(H2,23,24,28)/t15-,16+/m1/s1. The lowest BCUT2D eigenvalue weighted by atomic mass is 10.1. The van der Waals surface area contributed by atoms with Crippen molar-refractivity contribution in [2.24, 2.45) is 5.92 Å². The Labute approximate surface area is 165 Å². The Morgan fingerprint density at radius 2 is 1.82 bits per heavy atom. The van der Waals surface area contributed by atoms with Gasteiger partial charge in [-0.15, -0.1) is 0 Å². The number of aromatic nitrogens is 2. The van der Waals surface area contributed by atoms with Crippen molar-refractivity contribution >= 4 is 11.8 Å². The highest BCUT2D eigenvalue weighted by molar-refractivity contribution is 5.78. The zero-order chi connectivity index (χ0) is 20.3. The maximum absolute atomic E-state index is 12.3. The van der Waals surface area contributed by atoms with E-state index in [0.717, 1.165) is 25.3 Å². The fourth-order valence-corrected chi connectivity index (χ4v) is 4.08. The molecule has 1 aromatic heterocycles. The molecule has 3 rings (SSSR count). The zero-order valence-electron chi connectivity index (χ0n) is 17.1. The van der Waals surface area contributed by atoms with Crippen LogP contribution in [0.15, 0.2) is 4.79 Å². The Kier molecular flexibility index (Phi) is 6.59. The summed E-state index contributed by atoms with van der Waals surface area (Å²) in [5, 5.41) is 11.2. The van der Waals surface area contributed by atoms with E-state index in [1.807, 2.05) is 13.8 Å². The second-order valence-electron chi connectivity index (χ2n) is 8.62. The third-order valence-electron chi connectivity index (χ3n) is 5.77. The van der Waals surface area contributed by atoms with Crippen molar-refractivity contribution in [3.63, 3.8) is 0 Å². The highest BCUT2D eigenvalue weighted by atomic mass is 16.2. The summed E-state index contributed by atoms with van der Waals surface area (Å²) in [6.07, 6.45) is 5.09. The van der Waals surface area contributed by atoms with Gasteiger partial charge in [0.25, 0.3) is 5.56 Å². The fourth-order valence-electron chi connectivity index (χ4n) is 4.08. The second kappa shape index (κ2) is 8.94. The lowest BCUT2D eigenvalue weighted by molar-refractivity contribution is -0.123. The first kappa shape index (κ1) is 20.6. The van der Waals surface area contributed by atoms with Gasteiger partial charge in [0.15, 0.2) is 0 Å². The minimum Gasteiger partial charge on any atom is -0.354 e. The van der Waals surface area contributed by atoms with E-state index in [-0.39, 0.29) is 41.9 Å². The molecule has 2 fully saturated rings. The third kappa shape index (κ3) is 5.47. The van der Waals surface area contributed by atoms with Crippen LogP contribution < -0.4 is 16.2 Å². The van der Waals surface area contributed by atoms with E-state index in [2.05, 4.69) is 25.7 Å². The number of aryl methyl sites for hydroxylation is 1. The number of nitrogens with one attached hydrogen (secondary N) is 4. The maximum atomic E-state index is 12.3. The number of aromatic amines is 2. The van der Waals surface area contributed by atoms with Crippen molar-refractivity contribution in [2.75, 3.05) is 13.1 Å². The minimum atomic E-state index is -0.236. The summed E-state index contributed by atoms with van der Waals surface area (Å²) in [5.41, 5.74) is 0.953. The summed E-state index contributed by atoms with van der Waals surface area (Å²) < 4.78 is 0. The average molecular weight is 392 g/mol. The molecule has 2 amide bonds. The Balaban J connectivity index is 1.53. The van der Waals surface area contributed by atoms with Crippen molar-refractivity contribution in [2.45, 2.75) is 77.4 Å². The molecule has 2 aliphatic rings. The van der Waals surface area contributed by atoms with Crippen molar-refractivity contribution in [3.8, 4) is 0 Å². The number of hydrogen-bond donors (Lipinski definition) is 4. The van der Waals surface area contributed by atoms with Crippen LogP contribution in [0.4, 0.5) is 0 Å². The van der Waals surface area contributed by atoms with Crippen LogP contribution in [0.1, 0.15) is 57.2 Å². The maximum Gasteiger partial charge on any atom is 0.267 e. The first-order valence-electron chi connectivity index (χ1n) is 10.4. The summed E-state index contributed by atoms with van der Waals surface area (Å²) >= 11 is 0. The predicted octanol–water partition coefficient (Wildman–Crippen LogP) is 0.828. The molecule has 156 valence electrons. The molecule has 4 N–H and O–H groups in total. The summed E-state index contributed by atoms with van der Waals surface area (Å²) in [7, 11) is 0. The number of hydrogen-bond acceptors (Lipinski definition) is 4. The average Bonchev–Trinajstić information content (AvgIpc) is 3.29. The van der Waals surface area contributed by atoms with Crippen molar-refractivity contribution < 1.29 is 9.59 Å². The van der Waals surface area contributed by atoms with Gasteiger partial charge in [0, 0.05) is 48.9 Å². The van der Waals surface area contributed by atoms with Crippen LogP contribution >= 0.6 is 0 Å². The van der Waals surface area contributed by atoms with E-state index in [1.165, 1.54) is 12.8 Å². The number of carbonyl (C=O) groups is 2. The summed E-state index contributed by atoms with van der Waals surface area (Å²) in [6, 6.07) is 0.656. The Morgan fingerprint density at radius 3 is 2.43 bits per heavy atom. The third-order valence-corrected chi connectivity index (χ3v) is 5.77. The van der Waals surface area contributed by atoms with Gasteiger partial charge in [-0.3, -0.25) is 24.4 Å². The lowest BCUT2D eigenvalue weighted by Crippen LogP contribution is -2.46. The van der Waals surface area contributed by atoms with Gasteiger partial charge in [0.1, 0.15) is 0 Å². The topological polar surface area (TPSA) is 110 Å². The molecular weight excluding hydrogens is 358 g/mol. The number of rotatable bonds is 9. The monoisotopic (exact) mass is 391 g/mol. The van der Waals surface area contributed by atoms with E-state index in [0.29, 0.717) is 24.2 Å². The van der Waals surface area contributed by atoms with Gasteiger partial charge in [-0.25, -0.2) is 0 Å². The van der Waals surface area contributed by atoms with Crippen LogP contribution in [-0.2, 0) is 16.0 Å². The molecule has 0 aromatic carbocycles. The van der Waals surface area contributed by atoms with Crippen LogP contribution in [0.2, 0.25) is 0 Å². The molecule has 1 aliphatic carbocycles. The summed E-state index contributed by atoms with van der Waals surface area (Å²) in [6.45, 7) is 7.31. The van der Waals surface area contributed by atoms with Crippen LogP contribution in [0.25, 0.3) is 0 Å². The zero-order valence-corrected chi connectivity index (χ0v) is 17.1.